The first-order valence-electron chi connectivity index (χ1n) is 5.99. The van der Waals surface area contributed by atoms with E-state index < -0.39 is 12.7 Å². The summed E-state index contributed by atoms with van der Waals surface area (Å²) in [5.41, 5.74) is 0. The average molecular weight is 240 g/mol. The van der Waals surface area contributed by atoms with E-state index in [2.05, 4.69) is 5.32 Å². The second-order valence-corrected chi connectivity index (χ2v) is 3.90. The monoisotopic (exact) mass is 240 g/mol. The summed E-state index contributed by atoms with van der Waals surface area (Å²) in [5.74, 6) is 0. The second kappa shape index (κ2) is 8.82. The lowest BCUT2D eigenvalue weighted by atomic mass is 10.2. The van der Waals surface area contributed by atoms with Crippen molar-refractivity contribution >= 4 is 0 Å². The molecule has 0 aliphatic carbocycles. The summed E-state index contributed by atoms with van der Waals surface area (Å²) < 4.78 is 36.4. The van der Waals surface area contributed by atoms with Crippen molar-refractivity contribution in [3.8, 4) is 0 Å². The molecule has 16 heavy (non-hydrogen) atoms. The zero-order valence-electron chi connectivity index (χ0n) is 10.2. The molecule has 2 nitrogen and oxygen atoms in total. The fourth-order valence-corrected chi connectivity index (χ4v) is 1.54. The lowest BCUT2D eigenvalue weighted by Crippen LogP contribution is -2.34. The Bertz CT molecular complexity index is 160. The number of nitrogens with one attached hydrogen (secondary N) is 1. The van der Waals surface area contributed by atoms with E-state index in [-0.39, 0.29) is 0 Å². The van der Waals surface area contributed by atoms with Crippen LogP contribution < -0.4 is 5.32 Å². The third-order valence-electron chi connectivity index (χ3n) is 2.43. The highest BCUT2D eigenvalue weighted by molar-refractivity contribution is 4.61. The molecule has 98 valence electrons. The molecular weight excluding hydrogens is 217 g/mol. The predicted octanol–water partition coefficient (Wildman–Crippen LogP) is 2.65. The number of halogens is 3. The van der Waals surface area contributed by atoms with Gasteiger partial charge in [-0.15, -0.1) is 0 Å². The zero-order chi connectivity index (χ0) is 12.4. The number of alkyl halides is 3. The quantitative estimate of drug-likeness (QED) is 0.623. The molecule has 0 aromatic carbocycles. The SMILES string of the molecule is CCNCCCCCN(CC)CC(F)(F)F. The van der Waals surface area contributed by atoms with Gasteiger partial charge in [0.25, 0.3) is 0 Å². The smallest absolute Gasteiger partial charge is 0.317 e. The summed E-state index contributed by atoms with van der Waals surface area (Å²) in [6, 6.07) is 0. The number of unbranched alkanes of at least 4 members (excludes halogenated alkanes) is 2. The summed E-state index contributed by atoms with van der Waals surface area (Å²) in [4.78, 5) is 1.45. The second-order valence-electron chi connectivity index (χ2n) is 3.90. The van der Waals surface area contributed by atoms with Gasteiger partial charge in [-0.2, -0.15) is 13.2 Å². The third-order valence-corrected chi connectivity index (χ3v) is 2.43. The molecule has 0 atom stereocenters. The normalized spacial score (nSPS) is 12.4. The first kappa shape index (κ1) is 15.7. The van der Waals surface area contributed by atoms with Crippen molar-refractivity contribution in [1.82, 2.24) is 10.2 Å². The summed E-state index contributed by atoms with van der Waals surface area (Å²) in [6.07, 6.45) is -1.20. The molecule has 5 heteroatoms. The molecule has 0 saturated heterocycles. The molecule has 0 unspecified atom stereocenters. The Hall–Kier alpha value is -0.290. The maximum Gasteiger partial charge on any atom is 0.401 e. The highest BCUT2D eigenvalue weighted by atomic mass is 19.4. The van der Waals surface area contributed by atoms with Crippen LogP contribution in [0.1, 0.15) is 33.1 Å². The van der Waals surface area contributed by atoms with Crippen molar-refractivity contribution in [2.24, 2.45) is 0 Å². The minimum Gasteiger partial charge on any atom is -0.317 e. The summed E-state index contributed by atoms with van der Waals surface area (Å²) in [7, 11) is 0. The number of nitrogens with zero attached hydrogens (tertiary/aromatic N) is 1. The number of hydrogen-bond donors (Lipinski definition) is 1. The van der Waals surface area contributed by atoms with Crippen LogP contribution in [-0.2, 0) is 0 Å². The molecule has 1 N–H and O–H groups in total. The summed E-state index contributed by atoms with van der Waals surface area (Å²) >= 11 is 0. The molecule has 0 aromatic heterocycles. The Balaban J connectivity index is 3.48. The number of rotatable bonds is 9. The zero-order valence-corrected chi connectivity index (χ0v) is 10.2. The van der Waals surface area contributed by atoms with E-state index in [1.54, 1.807) is 6.92 Å². The Kier molecular flexibility index (Phi) is 8.66. The van der Waals surface area contributed by atoms with Crippen LogP contribution >= 0.6 is 0 Å². The van der Waals surface area contributed by atoms with Crippen LogP contribution in [0.15, 0.2) is 0 Å². The van der Waals surface area contributed by atoms with Crippen LogP contribution in [0.4, 0.5) is 13.2 Å². The standard InChI is InChI=1S/C11H23F3N2/c1-3-15-8-6-5-7-9-16(4-2)10-11(12,13)14/h15H,3-10H2,1-2H3. The van der Waals surface area contributed by atoms with Crippen LogP contribution in [0.3, 0.4) is 0 Å². The Labute approximate surface area is 96.2 Å². The van der Waals surface area contributed by atoms with Crippen LogP contribution in [0.25, 0.3) is 0 Å². The van der Waals surface area contributed by atoms with Gasteiger partial charge in [0.15, 0.2) is 0 Å². The van der Waals surface area contributed by atoms with Gasteiger partial charge in [0, 0.05) is 0 Å². The van der Waals surface area contributed by atoms with Crippen LogP contribution in [0.5, 0.6) is 0 Å². The van der Waals surface area contributed by atoms with Crippen molar-refractivity contribution in [1.29, 1.82) is 0 Å². The van der Waals surface area contributed by atoms with Gasteiger partial charge in [-0.05, 0) is 39.0 Å². The molecule has 0 spiro atoms. The van der Waals surface area contributed by atoms with Gasteiger partial charge in [-0.1, -0.05) is 20.3 Å². The molecule has 0 aliphatic rings. The largest absolute Gasteiger partial charge is 0.401 e. The Morgan fingerprint density at radius 1 is 1.06 bits per heavy atom. The van der Waals surface area contributed by atoms with Crippen molar-refractivity contribution in [3.05, 3.63) is 0 Å². The van der Waals surface area contributed by atoms with Crippen LogP contribution in [-0.4, -0.2) is 43.8 Å². The van der Waals surface area contributed by atoms with Gasteiger partial charge in [0.1, 0.15) is 0 Å². The van der Waals surface area contributed by atoms with E-state index in [0.717, 1.165) is 32.4 Å². The summed E-state index contributed by atoms with van der Waals surface area (Å²) in [6.45, 7) is 5.95. The topological polar surface area (TPSA) is 15.3 Å². The van der Waals surface area contributed by atoms with Crippen molar-refractivity contribution in [2.75, 3.05) is 32.7 Å². The molecule has 0 aromatic rings. The lowest BCUT2D eigenvalue weighted by molar-refractivity contribution is -0.145. The molecular formula is C11H23F3N2. The van der Waals surface area contributed by atoms with Gasteiger partial charge in [0.05, 0.1) is 6.54 Å². The van der Waals surface area contributed by atoms with E-state index in [4.69, 9.17) is 0 Å². The molecule has 0 bridgehead atoms. The van der Waals surface area contributed by atoms with Gasteiger partial charge in [0.2, 0.25) is 0 Å². The molecule has 0 radical (unpaired) electrons. The third kappa shape index (κ3) is 10.2. The van der Waals surface area contributed by atoms with Gasteiger partial charge in [-0.25, -0.2) is 0 Å². The molecule has 0 rings (SSSR count). The lowest BCUT2D eigenvalue weighted by Gasteiger charge is -2.21. The van der Waals surface area contributed by atoms with Crippen LogP contribution in [0.2, 0.25) is 0 Å². The molecule has 0 amide bonds. The first-order valence-corrected chi connectivity index (χ1v) is 5.99. The minimum absolute atomic E-state index is 0.465. The molecule has 0 aliphatic heterocycles. The Morgan fingerprint density at radius 3 is 2.25 bits per heavy atom. The number of hydrogen-bond acceptors (Lipinski definition) is 2. The fourth-order valence-electron chi connectivity index (χ4n) is 1.54. The highest BCUT2D eigenvalue weighted by Gasteiger charge is 2.29. The average Bonchev–Trinajstić information content (AvgIpc) is 2.19. The van der Waals surface area contributed by atoms with E-state index in [1.807, 2.05) is 6.92 Å². The highest BCUT2D eigenvalue weighted by Crippen LogP contribution is 2.16. The van der Waals surface area contributed by atoms with Gasteiger partial charge >= 0.3 is 6.18 Å². The van der Waals surface area contributed by atoms with E-state index in [1.165, 1.54) is 4.90 Å². The molecule has 0 saturated carbocycles. The van der Waals surface area contributed by atoms with E-state index in [0.29, 0.717) is 13.1 Å². The van der Waals surface area contributed by atoms with Crippen molar-refractivity contribution in [3.63, 3.8) is 0 Å². The first-order chi connectivity index (χ1) is 7.49. The summed E-state index contributed by atoms with van der Waals surface area (Å²) in [5, 5.41) is 3.20. The van der Waals surface area contributed by atoms with E-state index >= 15 is 0 Å². The van der Waals surface area contributed by atoms with Gasteiger partial charge in [-0.3, -0.25) is 4.90 Å². The van der Waals surface area contributed by atoms with Crippen LogP contribution in [0, 0.1) is 0 Å². The van der Waals surface area contributed by atoms with Gasteiger partial charge < -0.3 is 5.32 Å². The van der Waals surface area contributed by atoms with Crippen molar-refractivity contribution in [2.45, 2.75) is 39.3 Å². The molecule has 0 fully saturated rings. The molecule has 0 heterocycles. The maximum atomic E-state index is 12.1. The Morgan fingerprint density at radius 2 is 1.75 bits per heavy atom. The maximum absolute atomic E-state index is 12.1. The fraction of sp³-hybridized carbons (Fsp3) is 1.00. The van der Waals surface area contributed by atoms with Crippen molar-refractivity contribution < 1.29 is 13.2 Å². The minimum atomic E-state index is -4.07. The predicted molar refractivity (Wildman–Crippen MR) is 60.6 cm³/mol. The van der Waals surface area contributed by atoms with E-state index in [9.17, 15) is 13.2 Å².